The Hall–Kier alpha value is 0.743. The first kappa shape index (κ1) is 12.4. The molecule has 9 heavy (non-hydrogen) atoms. The average Bonchev–Trinajstić information content (AvgIpc) is 2.17. The van der Waals surface area contributed by atoms with Crippen molar-refractivity contribution in [3.05, 3.63) is 13.8 Å². The van der Waals surface area contributed by atoms with E-state index in [4.69, 9.17) is 0 Å². The molecule has 0 aromatic heterocycles. The molecule has 0 saturated heterocycles. The van der Waals surface area contributed by atoms with Gasteiger partial charge in [-0.2, -0.15) is 12.8 Å². The van der Waals surface area contributed by atoms with Gasteiger partial charge in [-0.15, -0.1) is 0 Å². The molecule has 0 aromatic carbocycles. The summed E-state index contributed by atoms with van der Waals surface area (Å²) < 4.78 is 19.6. The van der Waals surface area contributed by atoms with Gasteiger partial charge in [0.15, 0.2) is 0 Å². The van der Waals surface area contributed by atoms with Crippen molar-refractivity contribution in [2.24, 2.45) is 0 Å². The fraction of sp³-hybridized carbons (Fsp3) is 0.667. The van der Waals surface area contributed by atoms with E-state index in [-0.39, 0.29) is 7.43 Å². The zero-order valence-corrected chi connectivity index (χ0v) is 8.12. The molecule has 1 aliphatic carbocycles. The molecule has 1 aliphatic rings. The Kier molecular flexibility index (Phi) is 15.9. The van der Waals surface area contributed by atoms with Crippen LogP contribution in [0.25, 0.3) is 0 Å². The molecule has 0 spiro atoms. The first-order chi connectivity index (χ1) is 3.91. The van der Waals surface area contributed by atoms with Gasteiger partial charge >= 0.3 is 29.7 Å². The van der Waals surface area contributed by atoms with E-state index in [9.17, 15) is 5.25 Å². The van der Waals surface area contributed by atoms with Gasteiger partial charge in [0.05, 0.1) is 0 Å². The third-order valence-corrected chi connectivity index (χ3v) is 1.07. The third-order valence-electron chi connectivity index (χ3n) is 1.07. The van der Waals surface area contributed by atoms with Crippen molar-refractivity contribution in [2.45, 2.75) is 25.7 Å². The molecule has 0 N–H and O–H groups in total. The summed E-state index contributed by atoms with van der Waals surface area (Å²) in [4.78, 5) is 0. The van der Waals surface area contributed by atoms with Gasteiger partial charge < -0.3 is 13.8 Å². The predicted molar refractivity (Wildman–Crippen MR) is 31.4 cm³/mol. The first-order valence-corrected chi connectivity index (χ1v) is 4.55. The fourth-order valence-corrected chi connectivity index (χ4v) is 0.722. The Morgan fingerprint density at radius 3 is 1.56 bits per heavy atom. The monoisotopic (exact) mass is 212 g/mol. The second-order valence-electron chi connectivity index (χ2n) is 1.64. The molecule has 0 radical (unpaired) electrons. The van der Waals surface area contributed by atoms with Gasteiger partial charge in [-0.05, 0) is 0 Å². The molecule has 0 atom stereocenters. The van der Waals surface area contributed by atoms with Crippen LogP contribution >= 0.6 is 0 Å². The summed E-state index contributed by atoms with van der Waals surface area (Å²) in [5.41, 5.74) is 0. The van der Waals surface area contributed by atoms with Crippen LogP contribution in [-0.2, 0) is 24.5 Å². The molecule has 54 valence electrons. The first-order valence-electron chi connectivity index (χ1n) is 2.69. The molecule has 1 saturated carbocycles. The Morgan fingerprint density at radius 1 is 1.11 bits per heavy atom. The topological polar surface area (TPSA) is 0 Å². The quantitative estimate of drug-likeness (QED) is 0.543. The molecule has 3 heteroatoms. The molecule has 1 fully saturated rings. The second-order valence-corrected chi connectivity index (χ2v) is 2.00. The van der Waals surface area contributed by atoms with E-state index >= 15 is 0 Å². The minimum absolute atomic E-state index is 0. The van der Waals surface area contributed by atoms with Crippen LogP contribution in [0.3, 0.4) is 0 Å². The molecular weight excluding hydrogens is 201 g/mol. The number of hydrogen-bond donors (Lipinski definition) is 0. The summed E-state index contributed by atoms with van der Waals surface area (Å²) in [6.07, 6.45) is 8.00. The van der Waals surface area contributed by atoms with Crippen LogP contribution in [0, 0.1) is 13.8 Å². The maximum atomic E-state index is 9.80. The van der Waals surface area contributed by atoms with Crippen LogP contribution in [0.15, 0.2) is 0 Å². The van der Waals surface area contributed by atoms with Gasteiger partial charge in [-0.25, -0.2) is 0 Å². The van der Waals surface area contributed by atoms with Crippen molar-refractivity contribution in [3.8, 4) is 0 Å². The number of halogens is 2. The molecule has 0 unspecified atom stereocenters. The summed E-state index contributed by atoms with van der Waals surface area (Å²) in [6, 6.07) is 0. The molecule has 0 aromatic rings. The van der Waals surface area contributed by atoms with E-state index in [1.165, 1.54) is 25.7 Å². The zero-order chi connectivity index (χ0) is 6.24. The van der Waals surface area contributed by atoms with Crippen molar-refractivity contribution in [2.75, 3.05) is 0 Å². The Bertz CT molecular complexity index is 30.4. The molecular formula is C6H12F2Zr. The second kappa shape index (κ2) is 11.5. The van der Waals surface area contributed by atoms with Crippen molar-refractivity contribution < 1.29 is 29.7 Å². The average molecular weight is 213 g/mol. The minimum atomic E-state index is -2.77. The zero-order valence-electron chi connectivity index (χ0n) is 5.66. The van der Waals surface area contributed by atoms with E-state index in [1.807, 2.05) is 0 Å². The van der Waals surface area contributed by atoms with Crippen molar-refractivity contribution >= 4 is 0 Å². The summed E-state index contributed by atoms with van der Waals surface area (Å²) >= 11 is -2.77. The standard InChI is InChI=1S/C5H9.CH3.2FH.Zr/c1-2-4-5-3-1;;;;/h1H,2-5H2;1H3;2*1H;/q2*-1;;;+4/p-2. The predicted octanol–water partition coefficient (Wildman–Crippen LogP) is 3.05. The van der Waals surface area contributed by atoms with Crippen molar-refractivity contribution in [1.29, 1.82) is 0 Å². The van der Waals surface area contributed by atoms with E-state index in [1.54, 1.807) is 0 Å². The molecule has 0 nitrogen and oxygen atoms in total. The normalized spacial score (nSPS) is 14.4. The van der Waals surface area contributed by atoms with E-state index in [2.05, 4.69) is 6.42 Å². The van der Waals surface area contributed by atoms with Gasteiger partial charge in [0, 0.05) is 0 Å². The van der Waals surface area contributed by atoms with Crippen molar-refractivity contribution in [3.63, 3.8) is 0 Å². The Morgan fingerprint density at radius 2 is 1.44 bits per heavy atom. The van der Waals surface area contributed by atoms with Crippen LogP contribution in [0.2, 0.25) is 0 Å². The van der Waals surface area contributed by atoms with Crippen LogP contribution in [0.4, 0.5) is 5.25 Å². The molecule has 1 rings (SSSR count). The van der Waals surface area contributed by atoms with Crippen LogP contribution < -0.4 is 0 Å². The van der Waals surface area contributed by atoms with Crippen LogP contribution in [-0.4, -0.2) is 0 Å². The molecule has 0 bridgehead atoms. The van der Waals surface area contributed by atoms with Gasteiger partial charge in [0.2, 0.25) is 0 Å². The van der Waals surface area contributed by atoms with Gasteiger partial charge in [-0.1, -0.05) is 12.8 Å². The van der Waals surface area contributed by atoms with Gasteiger partial charge in [-0.3, -0.25) is 0 Å². The van der Waals surface area contributed by atoms with Gasteiger partial charge in [0.1, 0.15) is 0 Å². The Labute approximate surface area is 69.4 Å². The molecule has 0 amide bonds. The van der Waals surface area contributed by atoms with Gasteiger partial charge in [0.25, 0.3) is 0 Å². The maximum absolute atomic E-state index is 9.80. The molecule has 0 heterocycles. The third kappa shape index (κ3) is 12.1. The summed E-state index contributed by atoms with van der Waals surface area (Å²) in [6.45, 7) is 0. The van der Waals surface area contributed by atoms with Crippen LogP contribution in [0.5, 0.6) is 0 Å². The number of hydrogen-bond acceptors (Lipinski definition) is 0. The fourth-order valence-electron chi connectivity index (χ4n) is 0.722. The Balaban J connectivity index is 0. The van der Waals surface area contributed by atoms with Crippen molar-refractivity contribution in [1.82, 2.24) is 0 Å². The summed E-state index contributed by atoms with van der Waals surface area (Å²) in [5.74, 6) is 0. The summed E-state index contributed by atoms with van der Waals surface area (Å²) in [5, 5.41) is 0. The van der Waals surface area contributed by atoms with E-state index < -0.39 is 24.5 Å². The van der Waals surface area contributed by atoms with Crippen LogP contribution in [0.1, 0.15) is 25.7 Å². The van der Waals surface area contributed by atoms with E-state index in [0.717, 1.165) is 0 Å². The number of rotatable bonds is 0. The summed E-state index contributed by atoms with van der Waals surface area (Å²) in [7, 11) is 0. The van der Waals surface area contributed by atoms with E-state index in [0.29, 0.717) is 0 Å². The molecule has 0 aliphatic heterocycles. The SMILES string of the molecule is [CH-]1CCCC1.[CH3-].[F][Zr+2][F].